The summed E-state index contributed by atoms with van der Waals surface area (Å²) >= 11 is 10.7. The Morgan fingerprint density at radius 3 is 2.60 bits per heavy atom. The summed E-state index contributed by atoms with van der Waals surface area (Å²) in [5.41, 5.74) is 0. The molecule has 84 valence electrons. The molecule has 0 radical (unpaired) electrons. The number of halogens is 2. The Morgan fingerprint density at radius 2 is 2.20 bits per heavy atom. The first-order chi connectivity index (χ1) is 6.80. The monoisotopic (exact) mass is 309 g/mol. The third-order valence-corrected chi connectivity index (χ3v) is 3.43. The Hall–Kier alpha value is -0.0600. The molecular weight excluding hydrogens is 298 g/mol. The minimum atomic E-state index is -0.511. The highest BCUT2D eigenvalue weighted by Gasteiger charge is 2.27. The van der Waals surface area contributed by atoms with E-state index in [2.05, 4.69) is 15.9 Å². The zero-order chi connectivity index (χ0) is 11.6. The van der Waals surface area contributed by atoms with Gasteiger partial charge in [0, 0.05) is 11.9 Å². The van der Waals surface area contributed by atoms with E-state index in [0.29, 0.717) is 6.54 Å². The lowest BCUT2D eigenvalue weighted by Crippen LogP contribution is -2.38. The van der Waals surface area contributed by atoms with Gasteiger partial charge >= 0.3 is 0 Å². The highest BCUT2D eigenvalue weighted by atomic mass is 79.9. The SMILES string of the molecule is CN(Cc1ccc(Cl)s1)C(=O)C(C)(C)Br. The van der Waals surface area contributed by atoms with Crippen LogP contribution in [0.15, 0.2) is 12.1 Å². The second-order valence-electron chi connectivity index (χ2n) is 3.84. The zero-order valence-corrected chi connectivity index (χ0v) is 12.0. The van der Waals surface area contributed by atoms with Gasteiger partial charge in [-0.2, -0.15) is 0 Å². The molecule has 0 fully saturated rings. The fraction of sp³-hybridized carbons (Fsp3) is 0.500. The predicted molar refractivity (Wildman–Crippen MR) is 68.8 cm³/mol. The Bertz CT molecular complexity index is 359. The molecule has 0 unspecified atom stereocenters. The number of alkyl halides is 1. The van der Waals surface area contributed by atoms with Crippen molar-refractivity contribution < 1.29 is 4.79 Å². The van der Waals surface area contributed by atoms with Gasteiger partial charge in [-0.25, -0.2) is 0 Å². The van der Waals surface area contributed by atoms with Crippen LogP contribution >= 0.6 is 38.9 Å². The summed E-state index contributed by atoms with van der Waals surface area (Å²) in [5.74, 6) is 0.0621. The maximum absolute atomic E-state index is 11.8. The van der Waals surface area contributed by atoms with Crippen molar-refractivity contribution in [3.05, 3.63) is 21.3 Å². The first kappa shape index (κ1) is 13.0. The van der Waals surface area contributed by atoms with Gasteiger partial charge in [0.15, 0.2) is 0 Å². The minimum absolute atomic E-state index is 0.0621. The van der Waals surface area contributed by atoms with E-state index >= 15 is 0 Å². The minimum Gasteiger partial charge on any atom is -0.339 e. The van der Waals surface area contributed by atoms with Crippen LogP contribution in [0.4, 0.5) is 0 Å². The van der Waals surface area contributed by atoms with E-state index in [1.54, 1.807) is 11.9 Å². The number of rotatable bonds is 3. The summed E-state index contributed by atoms with van der Waals surface area (Å²) in [6.45, 7) is 4.28. The molecule has 0 atom stereocenters. The molecule has 1 aromatic rings. The van der Waals surface area contributed by atoms with Crippen LogP contribution in [0.25, 0.3) is 0 Å². The van der Waals surface area contributed by atoms with Crippen LogP contribution in [-0.4, -0.2) is 22.2 Å². The number of carbonyl (C=O) groups excluding carboxylic acids is 1. The molecule has 0 saturated carbocycles. The molecule has 0 aliphatic heterocycles. The molecule has 15 heavy (non-hydrogen) atoms. The second kappa shape index (κ2) is 4.85. The molecule has 1 rings (SSSR count). The van der Waals surface area contributed by atoms with Crippen molar-refractivity contribution in [1.29, 1.82) is 0 Å². The average Bonchev–Trinajstić information content (AvgIpc) is 2.48. The van der Waals surface area contributed by atoms with E-state index in [9.17, 15) is 4.79 Å². The van der Waals surface area contributed by atoms with Gasteiger partial charge in [-0.15, -0.1) is 11.3 Å². The quantitative estimate of drug-likeness (QED) is 0.782. The fourth-order valence-electron chi connectivity index (χ4n) is 1.20. The topological polar surface area (TPSA) is 20.3 Å². The van der Waals surface area contributed by atoms with Crippen LogP contribution in [0.1, 0.15) is 18.7 Å². The van der Waals surface area contributed by atoms with Gasteiger partial charge in [-0.05, 0) is 26.0 Å². The van der Waals surface area contributed by atoms with Gasteiger partial charge in [0.25, 0.3) is 0 Å². The van der Waals surface area contributed by atoms with E-state index in [4.69, 9.17) is 11.6 Å². The summed E-state index contributed by atoms with van der Waals surface area (Å²) in [6, 6.07) is 3.79. The van der Waals surface area contributed by atoms with Crippen molar-refractivity contribution in [1.82, 2.24) is 4.90 Å². The molecule has 0 bridgehead atoms. The fourth-order valence-corrected chi connectivity index (χ4v) is 2.64. The third kappa shape index (κ3) is 3.78. The molecule has 1 heterocycles. The molecule has 1 amide bonds. The number of amides is 1. The lowest BCUT2D eigenvalue weighted by atomic mass is 10.2. The van der Waals surface area contributed by atoms with Crippen LogP contribution in [0.2, 0.25) is 4.34 Å². The molecule has 5 heteroatoms. The Kier molecular flexibility index (Phi) is 4.20. The molecule has 0 aliphatic rings. The molecule has 0 aromatic carbocycles. The van der Waals surface area contributed by atoms with Gasteiger partial charge in [0.2, 0.25) is 5.91 Å². The lowest BCUT2D eigenvalue weighted by molar-refractivity contribution is -0.131. The average molecular weight is 311 g/mol. The zero-order valence-electron chi connectivity index (χ0n) is 8.88. The van der Waals surface area contributed by atoms with Gasteiger partial charge in [-0.3, -0.25) is 4.79 Å². The summed E-state index contributed by atoms with van der Waals surface area (Å²) < 4.78 is 0.243. The molecule has 0 N–H and O–H groups in total. The largest absolute Gasteiger partial charge is 0.339 e. The Morgan fingerprint density at radius 1 is 1.60 bits per heavy atom. The molecule has 0 saturated heterocycles. The van der Waals surface area contributed by atoms with Crippen molar-refractivity contribution in [3.8, 4) is 0 Å². The number of thiophene rings is 1. The maximum Gasteiger partial charge on any atom is 0.238 e. The molecule has 0 spiro atoms. The van der Waals surface area contributed by atoms with E-state index < -0.39 is 4.32 Å². The van der Waals surface area contributed by atoms with Crippen LogP contribution in [-0.2, 0) is 11.3 Å². The van der Waals surface area contributed by atoms with E-state index in [1.807, 2.05) is 26.0 Å². The van der Waals surface area contributed by atoms with Crippen LogP contribution in [0, 0.1) is 0 Å². The van der Waals surface area contributed by atoms with E-state index in [-0.39, 0.29) is 5.91 Å². The summed E-state index contributed by atoms with van der Waals surface area (Å²) in [7, 11) is 1.79. The van der Waals surface area contributed by atoms with Crippen molar-refractivity contribution in [3.63, 3.8) is 0 Å². The van der Waals surface area contributed by atoms with Gasteiger partial charge < -0.3 is 4.90 Å². The summed E-state index contributed by atoms with van der Waals surface area (Å²) in [4.78, 5) is 14.6. The van der Waals surface area contributed by atoms with E-state index in [0.717, 1.165) is 9.21 Å². The second-order valence-corrected chi connectivity index (χ2v) is 7.62. The molecule has 0 aliphatic carbocycles. The number of hydrogen-bond donors (Lipinski definition) is 0. The Labute approximate surface area is 107 Å². The smallest absolute Gasteiger partial charge is 0.238 e. The van der Waals surface area contributed by atoms with Crippen LogP contribution < -0.4 is 0 Å². The van der Waals surface area contributed by atoms with Crippen molar-refractivity contribution in [2.75, 3.05) is 7.05 Å². The van der Waals surface area contributed by atoms with Crippen molar-refractivity contribution in [2.24, 2.45) is 0 Å². The van der Waals surface area contributed by atoms with E-state index in [1.165, 1.54) is 11.3 Å². The predicted octanol–water partition coefficient (Wildman–Crippen LogP) is 3.53. The van der Waals surface area contributed by atoms with Crippen molar-refractivity contribution in [2.45, 2.75) is 24.7 Å². The van der Waals surface area contributed by atoms with Crippen molar-refractivity contribution >= 4 is 44.8 Å². The van der Waals surface area contributed by atoms with Crippen LogP contribution in [0.3, 0.4) is 0 Å². The normalized spacial score (nSPS) is 11.5. The summed E-state index contributed by atoms with van der Waals surface area (Å²) in [6.07, 6.45) is 0. The van der Waals surface area contributed by atoms with Gasteiger partial charge in [-0.1, -0.05) is 27.5 Å². The maximum atomic E-state index is 11.8. The molecule has 1 aromatic heterocycles. The number of hydrogen-bond acceptors (Lipinski definition) is 2. The Balaban J connectivity index is 2.64. The number of carbonyl (C=O) groups is 1. The highest BCUT2D eigenvalue weighted by molar-refractivity contribution is 9.10. The lowest BCUT2D eigenvalue weighted by Gasteiger charge is -2.24. The third-order valence-electron chi connectivity index (χ3n) is 1.88. The molecular formula is C10H13BrClNOS. The molecule has 2 nitrogen and oxygen atoms in total. The summed E-state index contributed by atoms with van der Waals surface area (Å²) in [5, 5.41) is 0. The standard InChI is InChI=1S/C10H13BrClNOS/c1-10(2,11)9(14)13(3)6-7-4-5-8(12)15-7/h4-5H,6H2,1-3H3. The first-order valence-corrected chi connectivity index (χ1v) is 6.48. The first-order valence-electron chi connectivity index (χ1n) is 4.49. The highest BCUT2D eigenvalue weighted by Crippen LogP contribution is 2.24. The number of nitrogens with zero attached hydrogens (tertiary/aromatic N) is 1. The van der Waals surface area contributed by atoms with Gasteiger partial charge in [0.05, 0.1) is 15.2 Å². The van der Waals surface area contributed by atoms with Crippen LogP contribution in [0.5, 0.6) is 0 Å². The van der Waals surface area contributed by atoms with Gasteiger partial charge in [0.1, 0.15) is 0 Å².